The smallest absolute Gasteiger partial charge is 0.0769 e. The summed E-state index contributed by atoms with van der Waals surface area (Å²) in [5, 5.41) is 0.379. The molecule has 3 aromatic rings. The zero-order chi connectivity index (χ0) is 19.1. The van der Waals surface area contributed by atoms with Gasteiger partial charge in [-0.2, -0.15) is 0 Å². The van der Waals surface area contributed by atoms with Crippen LogP contribution in [0, 0.1) is 5.92 Å². The van der Waals surface area contributed by atoms with E-state index in [1.54, 1.807) is 0 Å². The molecule has 5 rings (SSSR count). The average molecular weight is 402 g/mol. The van der Waals surface area contributed by atoms with Crippen molar-refractivity contribution in [2.24, 2.45) is 10.9 Å². The Morgan fingerprint density at radius 1 is 0.857 bits per heavy atom. The van der Waals surface area contributed by atoms with Crippen molar-refractivity contribution in [1.82, 2.24) is 0 Å². The zero-order valence-electron chi connectivity index (χ0n) is 16.1. The van der Waals surface area contributed by atoms with Crippen molar-refractivity contribution < 1.29 is 0 Å². The summed E-state index contributed by atoms with van der Waals surface area (Å²) < 4.78 is 0. The highest BCUT2D eigenvalue weighted by Crippen LogP contribution is 2.51. The van der Waals surface area contributed by atoms with Gasteiger partial charge in [0.2, 0.25) is 0 Å². The number of thioether (sulfide) groups is 2. The first kappa shape index (κ1) is 18.1. The Kier molecular flexibility index (Phi) is 4.82. The van der Waals surface area contributed by atoms with Gasteiger partial charge in [0.1, 0.15) is 0 Å². The summed E-state index contributed by atoms with van der Waals surface area (Å²) in [6, 6.07) is 26.6. The summed E-state index contributed by atoms with van der Waals surface area (Å²) in [4.78, 5) is 7.85. The lowest BCUT2D eigenvalue weighted by atomic mass is 9.89. The Labute approximate surface area is 175 Å². The molecular formula is C25H23NS2. The largest absolute Gasteiger partial charge is 0.251 e. The van der Waals surface area contributed by atoms with Crippen LogP contribution in [-0.2, 0) is 0 Å². The van der Waals surface area contributed by atoms with Gasteiger partial charge in [-0.15, -0.1) is 23.5 Å². The topological polar surface area (TPSA) is 12.4 Å². The molecule has 2 atom stereocenters. The van der Waals surface area contributed by atoms with E-state index in [0.29, 0.717) is 17.1 Å². The second-order valence-electron chi connectivity index (χ2n) is 7.74. The highest BCUT2D eigenvalue weighted by atomic mass is 32.2. The van der Waals surface area contributed by atoms with E-state index in [1.807, 2.05) is 23.5 Å². The standard InChI is InChI=1S/C25H23NS2/c1-16(2)17-11-13-18(14-12-17)25-20-15-27-22-9-5-3-7-19(22)24(20)26-21-8-4-6-10-23(21)28-25/h3-14,16,20,25H,15H2,1-2H3/t20-,25+/m1/s1. The van der Waals surface area contributed by atoms with Crippen LogP contribution in [0.15, 0.2) is 87.6 Å². The first-order valence-electron chi connectivity index (χ1n) is 9.87. The molecule has 0 radical (unpaired) electrons. The van der Waals surface area contributed by atoms with Crippen molar-refractivity contribution in [3.05, 3.63) is 89.5 Å². The Bertz CT molecular complexity index is 1040. The van der Waals surface area contributed by atoms with Crippen molar-refractivity contribution in [1.29, 1.82) is 0 Å². The molecule has 0 N–H and O–H groups in total. The monoisotopic (exact) mass is 401 g/mol. The molecule has 28 heavy (non-hydrogen) atoms. The molecule has 140 valence electrons. The zero-order valence-corrected chi connectivity index (χ0v) is 17.8. The molecule has 3 aromatic carbocycles. The van der Waals surface area contributed by atoms with Crippen LogP contribution in [0.2, 0.25) is 0 Å². The molecule has 0 saturated heterocycles. The van der Waals surface area contributed by atoms with Crippen molar-refractivity contribution in [2.45, 2.75) is 34.8 Å². The van der Waals surface area contributed by atoms with Gasteiger partial charge in [0.05, 0.1) is 11.4 Å². The maximum absolute atomic E-state index is 5.21. The summed E-state index contributed by atoms with van der Waals surface area (Å²) in [6.07, 6.45) is 0. The lowest BCUT2D eigenvalue weighted by Gasteiger charge is -2.31. The van der Waals surface area contributed by atoms with Crippen LogP contribution in [0.3, 0.4) is 0 Å². The number of para-hydroxylation sites is 1. The molecule has 0 amide bonds. The third-order valence-electron chi connectivity index (χ3n) is 5.59. The van der Waals surface area contributed by atoms with Crippen LogP contribution in [0.5, 0.6) is 0 Å². The molecule has 0 saturated carbocycles. The second-order valence-corrected chi connectivity index (χ2v) is 9.98. The van der Waals surface area contributed by atoms with Crippen LogP contribution in [-0.4, -0.2) is 11.5 Å². The number of benzene rings is 3. The number of nitrogens with zero attached hydrogens (tertiary/aromatic N) is 1. The summed E-state index contributed by atoms with van der Waals surface area (Å²) in [5.74, 6) is 2.04. The van der Waals surface area contributed by atoms with E-state index in [1.165, 1.54) is 32.2 Å². The van der Waals surface area contributed by atoms with Gasteiger partial charge in [-0.25, -0.2) is 0 Å². The molecule has 2 aliphatic rings. The summed E-state index contributed by atoms with van der Waals surface area (Å²) in [7, 11) is 0. The number of hydrogen-bond donors (Lipinski definition) is 0. The minimum Gasteiger partial charge on any atom is -0.251 e. The minimum absolute atomic E-state index is 0.379. The first-order chi connectivity index (χ1) is 13.7. The maximum Gasteiger partial charge on any atom is 0.0769 e. The van der Waals surface area contributed by atoms with Gasteiger partial charge < -0.3 is 0 Å². The van der Waals surface area contributed by atoms with Gasteiger partial charge in [0.25, 0.3) is 0 Å². The fraction of sp³-hybridized carbons (Fsp3) is 0.240. The van der Waals surface area contributed by atoms with Gasteiger partial charge in [-0.05, 0) is 35.2 Å². The third kappa shape index (κ3) is 3.21. The summed E-state index contributed by atoms with van der Waals surface area (Å²) >= 11 is 3.95. The highest BCUT2D eigenvalue weighted by molar-refractivity contribution is 8.00. The van der Waals surface area contributed by atoms with Crippen LogP contribution in [0.1, 0.15) is 41.7 Å². The van der Waals surface area contributed by atoms with Crippen LogP contribution < -0.4 is 0 Å². The lowest BCUT2D eigenvalue weighted by molar-refractivity contribution is 0.754. The van der Waals surface area contributed by atoms with E-state index in [9.17, 15) is 0 Å². The van der Waals surface area contributed by atoms with Crippen LogP contribution in [0.25, 0.3) is 0 Å². The van der Waals surface area contributed by atoms with Gasteiger partial charge in [0.15, 0.2) is 0 Å². The number of fused-ring (bicyclic) bond motifs is 4. The Hall–Kier alpha value is -1.97. The Morgan fingerprint density at radius 3 is 2.36 bits per heavy atom. The van der Waals surface area contributed by atoms with Crippen molar-refractivity contribution in [2.75, 3.05) is 5.75 Å². The van der Waals surface area contributed by atoms with E-state index in [4.69, 9.17) is 4.99 Å². The fourth-order valence-electron chi connectivity index (χ4n) is 4.01. The second kappa shape index (κ2) is 7.46. The molecule has 0 bridgehead atoms. The quantitative estimate of drug-likeness (QED) is 0.441. The average Bonchev–Trinajstić information content (AvgIpc) is 2.91. The number of aliphatic imine (C=N–C) groups is 1. The van der Waals surface area contributed by atoms with Crippen molar-refractivity contribution >= 4 is 34.9 Å². The van der Waals surface area contributed by atoms with Gasteiger partial charge in [-0.1, -0.05) is 68.4 Å². The molecule has 0 aromatic heterocycles. The summed E-state index contributed by atoms with van der Waals surface area (Å²) in [5.41, 5.74) is 6.48. The molecule has 3 heteroatoms. The molecule has 0 unspecified atom stereocenters. The Balaban J connectivity index is 1.64. The minimum atomic E-state index is 0.379. The molecule has 2 heterocycles. The van der Waals surface area contributed by atoms with E-state index in [0.717, 1.165) is 11.4 Å². The van der Waals surface area contributed by atoms with E-state index >= 15 is 0 Å². The Morgan fingerprint density at radius 2 is 1.57 bits per heavy atom. The number of rotatable bonds is 2. The summed E-state index contributed by atoms with van der Waals surface area (Å²) in [6.45, 7) is 4.51. The highest BCUT2D eigenvalue weighted by Gasteiger charge is 2.36. The van der Waals surface area contributed by atoms with Gasteiger partial charge in [0, 0.05) is 32.3 Å². The van der Waals surface area contributed by atoms with Crippen LogP contribution in [0.4, 0.5) is 5.69 Å². The predicted octanol–water partition coefficient (Wildman–Crippen LogP) is 7.50. The normalized spacial score (nSPS) is 20.6. The first-order valence-corrected chi connectivity index (χ1v) is 11.7. The number of hydrogen-bond acceptors (Lipinski definition) is 3. The molecule has 0 spiro atoms. The fourth-order valence-corrected chi connectivity index (χ4v) is 6.69. The molecule has 0 fully saturated rings. The van der Waals surface area contributed by atoms with Crippen LogP contribution >= 0.6 is 23.5 Å². The molecular weight excluding hydrogens is 378 g/mol. The van der Waals surface area contributed by atoms with Gasteiger partial charge >= 0.3 is 0 Å². The molecule has 0 aliphatic carbocycles. The van der Waals surface area contributed by atoms with E-state index in [-0.39, 0.29) is 0 Å². The predicted molar refractivity (Wildman–Crippen MR) is 122 cm³/mol. The van der Waals surface area contributed by atoms with Gasteiger partial charge in [-0.3, -0.25) is 4.99 Å². The lowest BCUT2D eigenvalue weighted by Crippen LogP contribution is -2.27. The maximum atomic E-state index is 5.21. The van der Waals surface area contributed by atoms with Crippen molar-refractivity contribution in [3.8, 4) is 0 Å². The van der Waals surface area contributed by atoms with Crippen molar-refractivity contribution in [3.63, 3.8) is 0 Å². The third-order valence-corrected chi connectivity index (χ3v) is 8.24. The molecule has 2 aliphatic heterocycles. The molecule has 1 nitrogen and oxygen atoms in total. The van der Waals surface area contributed by atoms with E-state index in [2.05, 4.69) is 86.6 Å². The SMILES string of the molecule is CC(C)c1ccc([C@@H]2Sc3ccccc3N=C3c4ccccc4SC[C@H]32)cc1. The van der Waals surface area contributed by atoms with E-state index < -0.39 is 0 Å².